The SMILES string of the molecule is CCc1ccccc1N(CC(=O)N(Cc1ccc(OC)cc1)[C@H](CC)C(=O)NC(C)(C)C)S(=O)(=O)c1ccccc1. The first-order valence-corrected chi connectivity index (χ1v) is 15.2. The quantitative estimate of drug-likeness (QED) is 0.319. The number of anilines is 1. The molecule has 3 aromatic carbocycles. The lowest BCUT2D eigenvalue weighted by molar-refractivity contribution is -0.141. The van der Waals surface area contributed by atoms with Gasteiger partial charge in [-0.1, -0.05) is 62.4 Å². The van der Waals surface area contributed by atoms with Gasteiger partial charge in [0, 0.05) is 12.1 Å². The second-order valence-corrected chi connectivity index (χ2v) is 12.7. The van der Waals surface area contributed by atoms with Crippen LogP contribution in [0.2, 0.25) is 0 Å². The van der Waals surface area contributed by atoms with E-state index >= 15 is 0 Å². The number of carbonyl (C=O) groups excluding carboxylic acids is 2. The molecule has 0 radical (unpaired) electrons. The highest BCUT2D eigenvalue weighted by Crippen LogP contribution is 2.28. The Morgan fingerprint density at radius 1 is 0.902 bits per heavy atom. The normalized spacial score (nSPS) is 12.3. The van der Waals surface area contributed by atoms with Crippen molar-refractivity contribution in [3.8, 4) is 5.75 Å². The highest BCUT2D eigenvalue weighted by molar-refractivity contribution is 7.92. The Bertz CT molecular complexity index is 1420. The van der Waals surface area contributed by atoms with Crippen molar-refractivity contribution in [1.82, 2.24) is 10.2 Å². The number of amides is 2. The molecule has 0 unspecified atom stereocenters. The van der Waals surface area contributed by atoms with Crippen LogP contribution in [0.4, 0.5) is 5.69 Å². The largest absolute Gasteiger partial charge is 0.497 e. The summed E-state index contributed by atoms with van der Waals surface area (Å²) >= 11 is 0. The minimum atomic E-state index is -4.11. The number of para-hydroxylation sites is 1. The average molecular weight is 580 g/mol. The summed E-state index contributed by atoms with van der Waals surface area (Å²) in [5.41, 5.74) is 1.50. The number of hydrogen-bond donors (Lipinski definition) is 1. The van der Waals surface area contributed by atoms with Crippen molar-refractivity contribution in [2.24, 2.45) is 0 Å². The lowest BCUT2D eigenvalue weighted by Gasteiger charge is -2.35. The number of benzene rings is 3. The number of ether oxygens (including phenoxy) is 1. The minimum Gasteiger partial charge on any atom is -0.497 e. The molecule has 0 heterocycles. The molecule has 3 aromatic rings. The molecule has 0 fully saturated rings. The Hall–Kier alpha value is -3.85. The van der Waals surface area contributed by atoms with Gasteiger partial charge in [0.15, 0.2) is 0 Å². The summed E-state index contributed by atoms with van der Waals surface area (Å²) in [6.07, 6.45) is 0.924. The van der Waals surface area contributed by atoms with Gasteiger partial charge in [0.25, 0.3) is 10.0 Å². The minimum absolute atomic E-state index is 0.0814. The Morgan fingerprint density at radius 3 is 2.07 bits per heavy atom. The van der Waals surface area contributed by atoms with Crippen LogP contribution in [-0.2, 0) is 32.6 Å². The van der Waals surface area contributed by atoms with Gasteiger partial charge in [-0.2, -0.15) is 0 Å². The Labute approximate surface area is 244 Å². The average Bonchev–Trinajstić information content (AvgIpc) is 2.95. The number of nitrogens with zero attached hydrogens (tertiary/aromatic N) is 2. The van der Waals surface area contributed by atoms with E-state index in [0.29, 0.717) is 24.3 Å². The third-order valence-electron chi connectivity index (χ3n) is 6.65. The number of aryl methyl sites for hydroxylation is 1. The van der Waals surface area contributed by atoms with E-state index in [-0.39, 0.29) is 17.3 Å². The highest BCUT2D eigenvalue weighted by atomic mass is 32.2. The first-order valence-electron chi connectivity index (χ1n) is 13.8. The third kappa shape index (κ3) is 8.10. The van der Waals surface area contributed by atoms with Gasteiger partial charge >= 0.3 is 0 Å². The van der Waals surface area contributed by atoms with Gasteiger partial charge in [0.1, 0.15) is 18.3 Å². The van der Waals surface area contributed by atoms with Crippen LogP contribution in [0.25, 0.3) is 0 Å². The number of nitrogens with one attached hydrogen (secondary N) is 1. The molecule has 1 atom stereocenters. The zero-order valence-electron chi connectivity index (χ0n) is 24.8. The van der Waals surface area contributed by atoms with Crippen molar-refractivity contribution in [3.63, 3.8) is 0 Å². The maximum absolute atomic E-state index is 14.2. The van der Waals surface area contributed by atoms with Gasteiger partial charge in [0.05, 0.1) is 17.7 Å². The van der Waals surface area contributed by atoms with E-state index in [1.54, 1.807) is 49.6 Å². The molecular formula is C32H41N3O5S. The van der Waals surface area contributed by atoms with E-state index in [0.717, 1.165) is 11.1 Å². The second kappa shape index (κ2) is 13.7. The van der Waals surface area contributed by atoms with E-state index in [9.17, 15) is 18.0 Å². The monoisotopic (exact) mass is 579 g/mol. The maximum atomic E-state index is 14.2. The summed E-state index contributed by atoms with van der Waals surface area (Å²) in [5.74, 6) is -0.115. The first kappa shape index (κ1) is 31.7. The van der Waals surface area contributed by atoms with Crippen molar-refractivity contribution >= 4 is 27.5 Å². The summed E-state index contributed by atoms with van der Waals surface area (Å²) in [5, 5.41) is 2.98. The van der Waals surface area contributed by atoms with Crippen LogP contribution in [0.1, 0.15) is 52.2 Å². The zero-order chi connectivity index (χ0) is 30.2. The van der Waals surface area contributed by atoms with Gasteiger partial charge in [-0.05, 0) is 75.1 Å². The molecule has 1 N–H and O–H groups in total. The van der Waals surface area contributed by atoms with Gasteiger partial charge in [-0.25, -0.2) is 8.42 Å². The van der Waals surface area contributed by atoms with E-state index in [1.807, 2.05) is 58.9 Å². The van der Waals surface area contributed by atoms with Crippen LogP contribution in [0, 0.1) is 0 Å². The standard InChI is InChI=1S/C32H41N3O5S/c1-7-25-14-12-13-17-29(25)35(41(38,39)27-15-10-9-11-16-27)23-30(36)34(22-24-18-20-26(40-6)21-19-24)28(8-2)31(37)33-32(3,4)5/h9-21,28H,7-8,22-23H2,1-6H3,(H,33,37)/t28-/m1/s1. The fraction of sp³-hybridized carbons (Fsp3) is 0.375. The maximum Gasteiger partial charge on any atom is 0.264 e. The van der Waals surface area contributed by atoms with Crippen LogP contribution in [-0.4, -0.2) is 50.4 Å². The number of hydrogen-bond acceptors (Lipinski definition) is 5. The fourth-order valence-electron chi connectivity index (χ4n) is 4.59. The van der Waals surface area contributed by atoms with Gasteiger partial charge in [-0.3, -0.25) is 13.9 Å². The summed E-state index contributed by atoms with van der Waals surface area (Å²) in [6.45, 7) is 9.06. The smallest absolute Gasteiger partial charge is 0.264 e. The molecule has 9 heteroatoms. The van der Waals surface area contributed by atoms with Gasteiger partial charge < -0.3 is 15.0 Å². The molecule has 0 saturated carbocycles. The van der Waals surface area contributed by atoms with Crippen LogP contribution < -0.4 is 14.4 Å². The Morgan fingerprint density at radius 2 is 1.51 bits per heavy atom. The molecule has 41 heavy (non-hydrogen) atoms. The second-order valence-electron chi connectivity index (χ2n) is 10.8. The van der Waals surface area contributed by atoms with E-state index in [1.165, 1.54) is 21.3 Å². The molecular weight excluding hydrogens is 538 g/mol. The van der Waals surface area contributed by atoms with Crippen LogP contribution >= 0.6 is 0 Å². The number of sulfonamides is 1. The molecule has 2 amide bonds. The zero-order valence-corrected chi connectivity index (χ0v) is 25.6. The molecule has 220 valence electrons. The first-order chi connectivity index (χ1) is 19.4. The third-order valence-corrected chi connectivity index (χ3v) is 8.42. The molecule has 0 bridgehead atoms. The van der Waals surface area contributed by atoms with Crippen LogP contribution in [0.15, 0.2) is 83.8 Å². The molecule has 8 nitrogen and oxygen atoms in total. The lowest BCUT2D eigenvalue weighted by Crippen LogP contribution is -2.55. The Balaban J connectivity index is 2.09. The summed E-state index contributed by atoms with van der Waals surface area (Å²) in [6, 6.07) is 21.7. The number of carbonyl (C=O) groups is 2. The molecule has 0 spiro atoms. The van der Waals surface area contributed by atoms with Crippen LogP contribution in [0.5, 0.6) is 5.75 Å². The fourth-order valence-corrected chi connectivity index (χ4v) is 6.06. The van der Waals surface area contributed by atoms with E-state index in [4.69, 9.17) is 4.74 Å². The van der Waals surface area contributed by atoms with Crippen molar-refractivity contribution in [2.75, 3.05) is 18.0 Å². The molecule has 0 aliphatic heterocycles. The molecule has 0 aliphatic carbocycles. The summed E-state index contributed by atoms with van der Waals surface area (Å²) < 4.78 is 34.5. The van der Waals surface area contributed by atoms with Gasteiger partial charge in [0.2, 0.25) is 11.8 Å². The molecule has 0 saturated heterocycles. The summed E-state index contributed by atoms with van der Waals surface area (Å²) in [7, 11) is -2.54. The highest BCUT2D eigenvalue weighted by Gasteiger charge is 2.35. The van der Waals surface area contributed by atoms with Crippen molar-refractivity contribution in [1.29, 1.82) is 0 Å². The van der Waals surface area contributed by atoms with Crippen molar-refractivity contribution < 1.29 is 22.7 Å². The predicted molar refractivity (Wildman–Crippen MR) is 162 cm³/mol. The predicted octanol–water partition coefficient (Wildman–Crippen LogP) is 5.18. The Kier molecular flexibility index (Phi) is 10.6. The van der Waals surface area contributed by atoms with Crippen molar-refractivity contribution in [2.45, 2.75) is 70.5 Å². The molecule has 0 aliphatic rings. The number of rotatable bonds is 12. The topological polar surface area (TPSA) is 96.0 Å². The number of methoxy groups -OCH3 is 1. The molecule has 3 rings (SSSR count). The molecule has 0 aromatic heterocycles. The van der Waals surface area contributed by atoms with Crippen LogP contribution in [0.3, 0.4) is 0 Å². The lowest BCUT2D eigenvalue weighted by atomic mass is 10.1. The van der Waals surface area contributed by atoms with Gasteiger partial charge in [-0.15, -0.1) is 0 Å². The van der Waals surface area contributed by atoms with E-state index < -0.39 is 34.1 Å². The van der Waals surface area contributed by atoms with Crippen molar-refractivity contribution in [3.05, 3.63) is 90.0 Å². The summed E-state index contributed by atoms with van der Waals surface area (Å²) in [4.78, 5) is 29.2. The van der Waals surface area contributed by atoms with E-state index in [2.05, 4.69) is 5.32 Å².